The first-order chi connectivity index (χ1) is 14.6. The number of nitrogens with one attached hydrogen (secondary N) is 2. The van der Waals surface area contributed by atoms with E-state index in [-0.39, 0.29) is 17.1 Å². The fourth-order valence-electron chi connectivity index (χ4n) is 2.85. The van der Waals surface area contributed by atoms with Crippen LogP contribution in [0.15, 0.2) is 60.0 Å². The second-order valence-corrected chi connectivity index (χ2v) is 7.58. The number of carbonyl (C=O) groups is 2. The smallest absolute Gasteiger partial charge is 0.325 e. The Balaban J connectivity index is 1.75. The quantitative estimate of drug-likeness (QED) is 0.527. The van der Waals surface area contributed by atoms with Crippen molar-refractivity contribution in [1.29, 1.82) is 0 Å². The minimum absolute atomic E-state index is 0.0836. The Kier molecular flexibility index (Phi) is 6.69. The highest BCUT2D eigenvalue weighted by molar-refractivity contribution is 7.99. The summed E-state index contributed by atoms with van der Waals surface area (Å²) in [5.74, 6) is -1.08. The normalized spacial score (nSPS) is 11.3. The molecule has 2 N–H and O–H groups in total. The van der Waals surface area contributed by atoms with Crippen molar-refractivity contribution < 1.29 is 22.8 Å². The van der Waals surface area contributed by atoms with E-state index < -0.39 is 23.6 Å². The molecule has 6 nitrogen and oxygen atoms in total. The Morgan fingerprint density at radius 3 is 2.52 bits per heavy atom. The van der Waals surface area contributed by atoms with Gasteiger partial charge in [0.05, 0.1) is 28.4 Å². The number of thioether (sulfide) groups is 1. The maximum absolute atomic E-state index is 13.1. The second-order valence-electron chi connectivity index (χ2n) is 6.64. The minimum atomic E-state index is -4.58. The van der Waals surface area contributed by atoms with Gasteiger partial charge in [0.2, 0.25) is 11.8 Å². The van der Waals surface area contributed by atoms with Gasteiger partial charge in [0.25, 0.3) is 0 Å². The Morgan fingerprint density at radius 1 is 1.10 bits per heavy atom. The van der Waals surface area contributed by atoms with Crippen LogP contribution in [-0.2, 0) is 15.8 Å². The van der Waals surface area contributed by atoms with Gasteiger partial charge in [-0.25, -0.2) is 4.98 Å². The minimum Gasteiger partial charge on any atom is -0.325 e. The van der Waals surface area contributed by atoms with Gasteiger partial charge in [0, 0.05) is 19.3 Å². The number of para-hydroxylation sites is 1. The van der Waals surface area contributed by atoms with E-state index in [1.807, 2.05) is 35.8 Å². The van der Waals surface area contributed by atoms with Crippen LogP contribution in [-0.4, -0.2) is 27.1 Å². The van der Waals surface area contributed by atoms with Crippen LogP contribution in [0.25, 0.3) is 5.69 Å². The molecule has 2 aromatic carbocycles. The van der Waals surface area contributed by atoms with E-state index in [9.17, 15) is 22.8 Å². The van der Waals surface area contributed by atoms with Gasteiger partial charge >= 0.3 is 6.18 Å². The van der Waals surface area contributed by atoms with Crippen molar-refractivity contribution in [1.82, 2.24) is 9.55 Å². The number of benzene rings is 2. The number of hydrogen-bond acceptors (Lipinski definition) is 4. The number of rotatable bonds is 6. The van der Waals surface area contributed by atoms with E-state index in [0.29, 0.717) is 5.16 Å². The number of anilines is 2. The van der Waals surface area contributed by atoms with Crippen LogP contribution in [0.4, 0.5) is 24.5 Å². The molecule has 0 aliphatic heterocycles. The molecule has 0 spiro atoms. The van der Waals surface area contributed by atoms with Crippen molar-refractivity contribution >= 4 is 35.0 Å². The largest absolute Gasteiger partial charge is 0.416 e. The molecular weight excluding hydrogens is 429 g/mol. The maximum atomic E-state index is 13.1. The lowest BCUT2D eigenvalue weighted by Crippen LogP contribution is -2.18. The zero-order valence-electron chi connectivity index (χ0n) is 16.7. The molecule has 10 heteroatoms. The van der Waals surface area contributed by atoms with Crippen molar-refractivity contribution in [3.8, 4) is 5.69 Å². The number of carbonyl (C=O) groups excluding carboxylic acids is 2. The van der Waals surface area contributed by atoms with Crippen LogP contribution in [0.3, 0.4) is 0 Å². The Labute approximate surface area is 180 Å². The number of halogens is 3. The predicted octanol–water partition coefficient (Wildman–Crippen LogP) is 4.89. The number of aryl methyl sites for hydroxylation is 1. The highest BCUT2D eigenvalue weighted by Crippen LogP contribution is 2.34. The Morgan fingerprint density at radius 2 is 1.84 bits per heavy atom. The predicted molar refractivity (Wildman–Crippen MR) is 113 cm³/mol. The lowest BCUT2D eigenvalue weighted by Gasteiger charge is -2.15. The van der Waals surface area contributed by atoms with E-state index in [1.165, 1.54) is 6.92 Å². The van der Waals surface area contributed by atoms with Crippen molar-refractivity contribution in [3.63, 3.8) is 0 Å². The van der Waals surface area contributed by atoms with Gasteiger partial charge in [-0.1, -0.05) is 30.0 Å². The summed E-state index contributed by atoms with van der Waals surface area (Å²) in [7, 11) is 0. The molecule has 0 unspecified atom stereocenters. The van der Waals surface area contributed by atoms with Crippen LogP contribution in [0.5, 0.6) is 0 Å². The Bertz CT molecular complexity index is 1110. The first-order valence-corrected chi connectivity index (χ1v) is 10.1. The Hall–Kier alpha value is -3.27. The van der Waals surface area contributed by atoms with Crippen LogP contribution in [0, 0.1) is 6.92 Å². The lowest BCUT2D eigenvalue weighted by molar-refractivity contribution is -0.137. The summed E-state index contributed by atoms with van der Waals surface area (Å²) in [6, 6.07) is 10.4. The first-order valence-electron chi connectivity index (χ1n) is 9.16. The molecule has 0 fully saturated rings. The van der Waals surface area contributed by atoms with Gasteiger partial charge in [-0.05, 0) is 36.8 Å². The number of amides is 2. The van der Waals surface area contributed by atoms with Crippen LogP contribution in [0.2, 0.25) is 0 Å². The zero-order valence-corrected chi connectivity index (χ0v) is 17.5. The fraction of sp³-hybridized carbons (Fsp3) is 0.190. The van der Waals surface area contributed by atoms with Crippen molar-refractivity contribution in [2.45, 2.75) is 25.2 Å². The molecule has 1 heterocycles. The maximum Gasteiger partial charge on any atom is 0.416 e. The number of nitrogens with zero attached hydrogens (tertiary/aromatic N) is 2. The fourth-order valence-corrected chi connectivity index (χ4v) is 3.62. The molecule has 2 amide bonds. The number of aromatic nitrogens is 2. The topological polar surface area (TPSA) is 76.0 Å². The molecule has 3 aromatic rings. The summed E-state index contributed by atoms with van der Waals surface area (Å²) in [6.07, 6.45) is -1.21. The summed E-state index contributed by atoms with van der Waals surface area (Å²) in [5.41, 5.74) is 0.960. The van der Waals surface area contributed by atoms with Gasteiger partial charge in [-0.2, -0.15) is 13.2 Å². The van der Waals surface area contributed by atoms with E-state index in [2.05, 4.69) is 15.6 Å². The number of alkyl halides is 3. The molecule has 0 atom stereocenters. The van der Waals surface area contributed by atoms with Crippen molar-refractivity contribution in [2.75, 3.05) is 16.4 Å². The molecule has 0 saturated heterocycles. The summed E-state index contributed by atoms with van der Waals surface area (Å²) in [5, 5.41) is 5.43. The van der Waals surface area contributed by atoms with E-state index in [4.69, 9.17) is 0 Å². The average Bonchev–Trinajstić information content (AvgIpc) is 3.15. The lowest BCUT2D eigenvalue weighted by atomic mass is 10.1. The third kappa shape index (κ3) is 5.66. The molecule has 0 bridgehead atoms. The molecular formula is C21H19F3N4O2S. The third-order valence-corrected chi connectivity index (χ3v) is 5.21. The monoisotopic (exact) mass is 448 g/mol. The SMILES string of the molecule is CC(=O)Nc1ccc(C(F)(F)F)cc1NC(=O)CSc1nccn1-c1ccccc1C. The molecule has 162 valence electrons. The van der Waals surface area contributed by atoms with Crippen molar-refractivity contribution in [3.05, 3.63) is 66.0 Å². The zero-order chi connectivity index (χ0) is 22.6. The molecule has 0 saturated carbocycles. The molecule has 31 heavy (non-hydrogen) atoms. The molecule has 0 aliphatic carbocycles. The van der Waals surface area contributed by atoms with Crippen LogP contribution >= 0.6 is 11.8 Å². The summed E-state index contributed by atoms with van der Waals surface area (Å²) < 4.78 is 41.0. The van der Waals surface area contributed by atoms with Gasteiger partial charge in [0.15, 0.2) is 5.16 Å². The van der Waals surface area contributed by atoms with E-state index in [1.54, 1.807) is 12.4 Å². The average molecular weight is 448 g/mol. The van der Waals surface area contributed by atoms with E-state index in [0.717, 1.165) is 41.2 Å². The second kappa shape index (κ2) is 9.25. The van der Waals surface area contributed by atoms with Crippen LogP contribution in [0.1, 0.15) is 18.1 Å². The van der Waals surface area contributed by atoms with Gasteiger partial charge < -0.3 is 10.6 Å². The van der Waals surface area contributed by atoms with Crippen molar-refractivity contribution in [2.24, 2.45) is 0 Å². The molecule has 1 aromatic heterocycles. The van der Waals surface area contributed by atoms with Gasteiger partial charge in [-0.15, -0.1) is 0 Å². The van der Waals surface area contributed by atoms with E-state index >= 15 is 0 Å². The summed E-state index contributed by atoms with van der Waals surface area (Å²) in [4.78, 5) is 28.1. The summed E-state index contributed by atoms with van der Waals surface area (Å²) >= 11 is 1.14. The number of imidazole rings is 1. The summed E-state index contributed by atoms with van der Waals surface area (Å²) in [6.45, 7) is 3.18. The standard InChI is InChI=1S/C21H19F3N4O2S/c1-13-5-3-4-6-18(13)28-10-9-25-20(28)31-12-19(30)27-17-11-15(21(22,23)24)7-8-16(17)26-14(2)29/h3-11H,12H2,1-2H3,(H,26,29)(H,27,30). The molecule has 0 radical (unpaired) electrons. The van der Waals surface area contributed by atoms with Crippen LogP contribution < -0.4 is 10.6 Å². The highest BCUT2D eigenvalue weighted by atomic mass is 32.2. The van der Waals surface area contributed by atoms with Gasteiger partial charge in [-0.3, -0.25) is 14.2 Å². The van der Waals surface area contributed by atoms with Gasteiger partial charge in [0.1, 0.15) is 0 Å². The molecule has 0 aliphatic rings. The number of hydrogen-bond donors (Lipinski definition) is 2. The third-order valence-electron chi connectivity index (χ3n) is 4.25. The molecule has 3 rings (SSSR count). The first kappa shape index (κ1) is 22.4. The highest BCUT2D eigenvalue weighted by Gasteiger charge is 2.31.